The van der Waals surface area contributed by atoms with Gasteiger partial charge in [-0.3, -0.25) is 9.59 Å². The van der Waals surface area contributed by atoms with Gasteiger partial charge in [0, 0.05) is 42.1 Å². The van der Waals surface area contributed by atoms with E-state index in [1.807, 2.05) is 24.3 Å². The zero-order valence-electron chi connectivity index (χ0n) is 11.1. The summed E-state index contributed by atoms with van der Waals surface area (Å²) in [5, 5.41) is 0. The van der Waals surface area contributed by atoms with E-state index in [1.165, 1.54) is 10.6 Å². The van der Waals surface area contributed by atoms with Gasteiger partial charge in [0.05, 0.1) is 5.69 Å². The number of thioether (sulfide) groups is 1. The largest absolute Gasteiger partial charge is 0.319 e. The number of amides is 1. The van der Waals surface area contributed by atoms with Gasteiger partial charge in [0.15, 0.2) is 0 Å². The molecule has 5 heteroatoms. The van der Waals surface area contributed by atoms with Crippen molar-refractivity contribution in [2.45, 2.75) is 4.90 Å². The van der Waals surface area contributed by atoms with Gasteiger partial charge in [0.25, 0.3) is 11.5 Å². The first kappa shape index (κ1) is 13.0. The molecule has 0 unspecified atom stereocenters. The molecule has 3 rings (SSSR count). The lowest BCUT2D eigenvalue weighted by Gasteiger charge is -2.29. The number of carbonyl (C=O) groups excluding carboxylic acids is 1. The number of hydrogen-bond donors (Lipinski definition) is 0. The number of nitrogens with zero attached hydrogens (tertiary/aromatic N) is 2. The summed E-state index contributed by atoms with van der Waals surface area (Å²) in [6, 6.07) is 10.9. The van der Waals surface area contributed by atoms with Crippen molar-refractivity contribution in [3.63, 3.8) is 0 Å². The van der Waals surface area contributed by atoms with Crippen LogP contribution in [-0.4, -0.2) is 22.8 Å². The maximum Gasteiger partial charge on any atom is 0.258 e. The van der Waals surface area contributed by atoms with Gasteiger partial charge in [-0.2, -0.15) is 0 Å². The Hall–Kier alpha value is -2.01. The van der Waals surface area contributed by atoms with Crippen LogP contribution in [0.2, 0.25) is 0 Å². The number of fused-ring (bicyclic) bond motifs is 1. The number of pyridine rings is 1. The van der Waals surface area contributed by atoms with E-state index >= 15 is 0 Å². The van der Waals surface area contributed by atoms with Crippen LogP contribution in [0, 0.1) is 0 Å². The first-order valence-electron chi connectivity index (χ1n) is 6.37. The average molecular weight is 286 g/mol. The van der Waals surface area contributed by atoms with Gasteiger partial charge in [-0.25, -0.2) is 0 Å². The number of aryl methyl sites for hydroxylation is 1. The Bertz CT molecular complexity index is 724. The van der Waals surface area contributed by atoms with Crippen LogP contribution in [0.1, 0.15) is 10.4 Å². The Kier molecular flexibility index (Phi) is 3.36. The average Bonchev–Trinajstić information content (AvgIpc) is 2.49. The van der Waals surface area contributed by atoms with Gasteiger partial charge >= 0.3 is 0 Å². The van der Waals surface area contributed by atoms with E-state index in [0.717, 1.165) is 16.3 Å². The highest BCUT2D eigenvalue weighted by molar-refractivity contribution is 7.99. The fraction of sp³-hybridized carbons (Fsp3) is 0.200. The zero-order valence-corrected chi connectivity index (χ0v) is 11.9. The summed E-state index contributed by atoms with van der Waals surface area (Å²) in [6.07, 6.45) is 1.63. The molecule has 2 aromatic rings. The normalized spacial score (nSPS) is 13.9. The maximum absolute atomic E-state index is 12.6. The predicted molar refractivity (Wildman–Crippen MR) is 80.5 cm³/mol. The van der Waals surface area contributed by atoms with Crippen LogP contribution in [0.3, 0.4) is 0 Å². The lowest BCUT2D eigenvalue weighted by molar-refractivity contribution is 0.0987. The highest BCUT2D eigenvalue weighted by Crippen LogP contribution is 2.34. The maximum atomic E-state index is 12.6. The van der Waals surface area contributed by atoms with Crippen molar-refractivity contribution in [2.24, 2.45) is 7.05 Å². The molecule has 1 aromatic heterocycles. The standard InChI is InChI=1S/C15H14N2O2S/c1-16-7-6-11(10-14(16)18)15(19)17-8-9-20-13-5-3-2-4-12(13)17/h2-7,10H,8-9H2,1H3. The quantitative estimate of drug-likeness (QED) is 0.806. The van der Waals surface area contributed by atoms with Crippen molar-refractivity contribution in [3.8, 4) is 0 Å². The number of hydrogen-bond acceptors (Lipinski definition) is 3. The fourth-order valence-corrected chi connectivity index (χ4v) is 3.21. The zero-order chi connectivity index (χ0) is 14.1. The van der Waals surface area contributed by atoms with Crippen LogP contribution in [0.4, 0.5) is 5.69 Å². The van der Waals surface area contributed by atoms with E-state index in [1.54, 1.807) is 36.0 Å². The fourth-order valence-electron chi connectivity index (χ4n) is 2.22. The number of anilines is 1. The smallest absolute Gasteiger partial charge is 0.258 e. The Balaban J connectivity index is 1.99. The predicted octanol–water partition coefficient (Wildman–Crippen LogP) is 2.14. The molecule has 0 saturated carbocycles. The molecule has 20 heavy (non-hydrogen) atoms. The molecular formula is C15H14N2O2S. The van der Waals surface area contributed by atoms with Crippen LogP contribution in [0.5, 0.6) is 0 Å². The third-order valence-electron chi connectivity index (χ3n) is 3.32. The number of aromatic nitrogens is 1. The lowest BCUT2D eigenvalue weighted by atomic mass is 10.2. The van der Waals surface area contributed by atoms with Crippen molar-refractivity contribution in [3.05, 3.63) is 58.5 Å². The summed E-state index contributed by atoms with van der Waals surface area (Å²) in [6.45, 7) is 0.662. The van der Waals surface area contributed by atoms with E-state index in [-0.39, 0.29) is 11.5 Å². The number of para-hydroxylation sites is 1. The molecule has 0 fully saturated rings. The van der Waals surface area contributed by atoms with E-state index in [2.05, 4.69) is 0 Å². The van der Waals surface area contributed by atoms with E-state index in [9.17, 15) is 9.59 Å². The molecule has 1 amide bonds. The summed E-state index contributed by atoms with van der Waals surface area (Å²) in [7, 11) is 1.67. The molecule has 1 aromatic carbocycles. The summed E-state index contributed by atoms with van der Waals surface area (Å²) < 4.78 is 1.46. The molecule has 0 bridgehead atoms. The Morgan fingerprint density at radius 3 is 2.85 bits per heavy atom. The summed E-state index contributed by atoms with van der Waals surface area (Å²) in [5.41, 5.74) is 1.19. The molecule has 0 spiro atoms. The lowest BCUT2D eigenvalue weighted by Crippen LogP contribution is -2.36. The van der Waals surface area contributed by atoms with Gasteiger partial charge in [-0.05, 0) is 18.2 Å². The molecule has 0 aliphatic carbocycles. The number of benzene rings is 1. The molecule has 1 aliphatic rings. The van der Waals surface area contributed by atoms with Crippen molar-refractivity contribution >= 4 is 23.4 Å². The minimum Gasteiger partial charge on any atom is -0.319 e. The molecule has 0 N–H and O–H groups in total. The summed E-state index contributed by atoms with van der Waals surface area (Å²) in [4.78, 5) is 27.1. The van der Waals surface area contributed by atoms with Crippen LogP contribution in [0.15, 0.2) is 52.3 Å². The van der Waals surface area contributed by atoms with Gasteiger partial charge in [-0.15, -0.1) is 11.8 Å². The van der Waals surface area contributed by atoms with Crippen molar-refractivity contribution in [1.82, 2.24) is 4.57 Å². The molecule has 102 valence electrons. The first-order chi connectivity index (χ1) is 9.66. The van der Waals surface area contributed by atoms with Crippen LogP contribution in [-0.2, 0) is 7.05 Å². The first-order valence-corrected chi connectivity index (χ1v) is 7.36. The van der Waals surface area contributed by atoms with Crippen LogP contribution < -0.4 is 10.5 Å². The molecule has 1 aliphatic heterocycles. The molecule has 2 heterocycles. The van der Waals surface area contributed by atoms with Crippen molar-refractivity contribution in [2.75, 3.05) is 17.2 Å². The molecule has 0 saturated heterocycles. The number of carbonyl (C=O) groups is 1. The monoisotopic (exact) mass is 286 g/mol. The summed E-state index contributed by atoms with van der Waals surface area (Å²) >= 11 is 1.75. The second-order valence-electron chi connectivity index (χ2n) is 4.64. The SMILES string of the molecule is Cn1ccc(C(=O)N2CCSc3ccccc32)cc1=O. The second-order valence-corrected chi connectivity index (χ2v) is 5.77. The summed E-state index contributed by atoms with van der Waals surface area (Å²) in [5.74, 6) is 0.753. The number of rotatable bonds is 1. The van der Waals surface area contributed by atoms with E-state index in [4.69, 9.17) is 0 Å². The Morgan fingerprint density at radius 2 is 2.05 bits per heavy atom. The third kappa shape index (κ3) is 2.25. The molecule has 0 radical (unpaired) electrons. The van der Waals surface area contributed by atoms with Crippen molar-refractivity contribution < 1.29 is 4.79 Å². The van der Waals surface area contributed by atoms with Crippen molar-refractivity contribution in [1.29, 1.82) is 0 Å². The topological polar surface area (TPSA) is 42.3 Å². The van der Waals surface area contributed by atoms with Crippen LogP contribution in [0.25, 0.3) is 0 Å². The molecule has 0 atom stereocenters. The van der Waals surface area contributed by atoms with E-state index in [0.29, 0.717) is 12.1 Å². The Morgan fingerprint density at radius 1 is 1.25 bits per heavy atom. The van der Waals surface area contributed by atoms with Gasteiger partial charge < -0.3 is 9.47 Å². The Labute approximate surface area is 121 Å². The second kappa shape index (κ2) is 5.17. The third-order valence-corrected chi connectivity index (χ3v) is 4.37. The highest BCUT2D eigenvalue weighted by atomic mass is 32.2. The van der Waals surface area contributed by atoms with Gasteiger partial charge in [-0.1, -0.05) is 12.1 Å². The molecule has 4 nitrogen and oxygen atoms in total. The minimum atomic E-state index is -0.171. The van der Waals surface area contributed by atoms with Gasteiger partial charge in [0.1, 0.15) is 0 Å². The van der Waals surface area contributed by atoms with E-state index < -0.39 is 0 Å². The van der Waals surface area contributed by atoms with Gasteiger partial charge in [0.2, 0.25) is 0 Å². The molecular weight excluding hydrogens is 272 g/mol. The van der Waals surface area contributed by atoms with Crippen LogP contribution >= 0.6 is 11.8 Å². The minimum absolute atomic E-state index is 0.115. The highest BCUT2D eigenvalue weighted by Gasteiger charge is 2.23.